The molecule has 0 radical (unpaired) electrons. The van der Waals surface area contributed by atoms with Gasteiger partial charge in [-0.25, -0.2) is 4.68 Å². The first kappa shape index (κ1) is 20.3. The van der Waals surface area contributed by atoms with E-state index in [9.17, 15) is 9.59 Å². The van der Waals surface area contributed by atoms with E-state index in [1.165, 1.54) is 0 Å². The number of hydrogen-bond donors (Lipinski definition) is 2. The molecule has 29 heavy (non-hydrogen) atoms. The number of aromatic nitrogens is 3. The van der Waals surface area contributed by atoms with Crippen LogP contribution in [0.25, 0.3) is 5.69 Å². The zero-order valence-corrected chi connectivity index (χ0v) is 16.5. The minimum absolute atomic E-state index is 0.0210. The second kappa shape index (κ2) is 9.14. The molecule has 2 N–H and O–H groups in total. The Morgan fingerprint density at radius 2 is 1.76 bits per heavy atom. The summed E-state index contributed by atoms with van der Waals surface area (Å²) in [5.41, 5.74) is 3.85. The highest BCUT2D eigenvalue weighted by atomic mass is 16.4. The lowest BCUT2D eigenvalue weighted by molar-refractivity contribution is -0.137. The third-order valence-corrected chi connectivity index (χ3v) is 4.76. The van der Waals surface area contributed by atoms with Crippen LogP contribution in [0.4, 0.5) is 0 Å². The van der Waals surface area contributed by atoms with Gasteiger partial charge in [0, 0.05) is 12.5 Å². The van der Waals surface area contributed by atoms with Gasteiger partial charge in [-0.05, 0) is 44.4 Å². The van der Waals surface area contributed by atoms with Crippen LogP contribution in [-0.2, 0) is 11.2 Å². The Balaban J connectivity index is 1.76. The molecule has 0 aliphatic heterocycles. The highest BCUT2D eigenvalue weighted by Gasteiger charge is 2.21. The summed E-state index contributed by atoms with van der Waals surface area (Å²) in [5.74, 6) is -1.24. The van der Waals surface area contributed by atoms with E-state index in [0.717, 1.165) is 16.8 Å². The third kappa shape index (κ3) is 5.28. The van der Waals surface area contributed by atoms with E-state index in [-0.39, 0.29) is 24.1 Å². The number of hydrogen-bond acceptors (Lipinski definition) is 4. The summed E-state index contributed by atoms with van der Waals surface area (Å²) < 4.78 is 1.62. The predicted octanol–water partition coefficient (Wildman–Crippen LogP) is 3.09. The van der Waals surface area contributed by atoms with Gasteiger partial charge in [-0.2, -0.15) is 0 Å². The van der Waals surface area contributed by atoms with E-state index in [2.05, 4.69) is 15.6 Å². The van der Waals surface area contributed by atoms with Gasteiger partial charge in [0.05, 0.1) is 11.4 Å². The Morgan fingerprint density at radius 1 is 1.07 bits per heavy atom. The van der Waals surface area contributed by atoms with Crippen molar-refractivity contribution in [2.24, 2.45) is 0 Å². The molecule has 1 aromatic heterocycles. The molecule has 0 saturated heterocycles. The molecule has 0 aliphatic rings. The highest BCUT2D eigenvalue weighted by Crippen LogP contribution is 2.14. The summed E-state index contributed by atoms with van der Waals surface area (Å²) in [6.45, 7) is 3.79. The lowest BCUT2D eigenvalue weighted by atomic mass is 10.0. The van der Waals surface area contributed by atoms with Crippen LogP contribution in [0.15, 0.2) is 54.6 Å². The average molecular weight is 392 g/mol. The number of rotatable bonds is 8. The van der Waals surface area contributed by atoms with Crippen LogP contribution >= 0.6 is 0 Å². The molecule has 0 spiro atoms. The summed E-state index contributed by atoms with van der Waals surface area (Å²) in [4.78, 5) is 23.8. The zero-order valence-electron chi connectivity index (χ0n) is 16.5. The van der Waals surface area contributed by atoms with Crippen molar-refractivity contribution < 1.29 is 14.7 Å². The first-order valence-corrected chi connectivity index (χ1v) is 9.50. The standard InChI is InChI=1S/C22H24N4O3/c1-15-8-11-19(12-9-15)26-16(2)21(24-25-26)22(29)23-18(10-13-20(27)28)14-17-6-4-3-5-7-17/h3-9,11-12,18H,10,13-14H2,1-2H3,(H,23,29)(H,27,28). The van der Waals surface area contributed by atoms with Crippen molar-refractivity contribution in [3.05, 3.63) is 77.1 Å². The molecule has 3 rings (SSSR count). The van der Waals surface area contributed by atoms with Crippen molar-refractivity contribution in [3.8, 4) is 5.69 Å². The predicted molar refractivity (Wildman–Crippen MR) is 109 cm³/mol. The van der Waals surface area contributed by atoms with Gasteiger partial charge in [0.25, 0.3) is 5.91 Å². The minimum Gasteiger partial charge on any atom is -0.481 e. The smallest absolute Gasteiger partial charge is 0.303 e. The number of carbonyl (C=O) groups excluding carboxylic acids is 1. The first-order valence-electron chi connectivity index (χ1n) is 9.50. The minimum atomic E-state index is -0.890. The van der Waals surface area contributed by atoms with Crippen LogP contribution in [0.5, 0.6) is 0 Å². The van der Waals surface area contributed by atoms with E-state index in [1.807, 2.05) is 61.5 Å². The number of nitrogens with zero attached hydrogens (tertiary/aromatic N) is 3. The number of carbonyl (C=O) groups is 2. The fourth-order valence-corrected chi connectivity index (χ4v) is 3.15. The zero-order chi connectivity index (χ0) is 20.8. The molecule has 3 aromatic rings. The second-order valence-corrected chi connectivity index (χ2v) is 7.06. The Kier molecular flexibility index (Phi) is 6.39. The molecule has 2 aromatic carbocycles. The maximum Gasteiger partial charge on any atom is 0.303 e. The summed E-state index contributed by atoms with van der Waals surface area (Å²) in [6, 6.07) is 17.1. The Labute approximate surface area is 169 Å². The third-order valence-electron chi connectivity index (χ3n) is 4.76. The Hall–Kier alpha value is -3.48. The molecule has 0 aliphatic carbocycles. The Bertz CT molecular complexity index is 981. The molecule has 150 valence electrons. The SMILES string of the molecule is Cc1ccc(-n2nnc(C(=O)NC(CCC(=O)O)Cc3ccccc3)c2C)cc1. The van der Waals surface area contributed by atoms with Crippen LogP contribution in [0.2, 0.25) is 0 Å². The number of nitrogens with one attached hydrogen (secondary N) is 1. The number of aryl methyl sites for hydroxylation is 1. The summed E-state index contributed by atoms with van der Waals surface area (Å²) >= 11 is 0. The van der Waals surface area contributed by atoms with Crippen molar-refractivity contribution >= 4 is 11.9 Å². The fourth-order valence-electron chi connectivity index (χ4n) is 3.15. The fraction of sp³-hybridized carbons (Fsp3) is 0.273. The van der Waals surface area contributed by atoms with Gasteiger partial charge in [0.2, 0.25) is 0 Å². The van der Waals surface area contributed by atoms with Crippen molar-refractivity contribution in [1.29, 1.82) is 0 Å². The maximum absolute atomic E-state index is 12.8. The van der Waals surface area contributed by atoms with Crippen LogP contribution in [0, 0.1) is 13.8 Å². The maximum atomic E-state index is 12.8. The molecule has 1 unspecified atom stereocenters. The van der Waals surface area contributed by atoms with E-state index in [4.69, 9.17) is 5.11 Å². The van der Waals surface area contributed by atoms with Crippen LogP contribution in [-0.4, -0.2) is 38.0 Å². The van der Waals surface area contributed by atoms with E-state index in [0.29, 0.717) is 18.5 Å². The molecule has 0 bridgehead atoms. The summed E-state index contributed by atoms with van der Waals surface area (Å²) in [5, 5.41) is 20.1. The average Bonchev–Trinajstić information content (AvgIpc) is 3.09. The molecule has 7 heteroatoms. The first-order chi connectivity index (χ1) is 13.9. The second-order valence-electron chi connectivity index (χ2n) is 7.06. The van der Waals surface area contributed by atoms with Crippen LogP contribution in [0.3, 0.4) is 0 Å². The topological polar surface area (TPSA) is 97.1 Å². The van der Waals surface area contributed by atoms with E-state index < -0.39 is 5.97 Å². The van der Waals surface area contributed by atoms with E-state index >= 15 is 0 Å². The normalized spacial score (nSPS) is 11.8. The largest absolute Gasteiger partial charge is 0.481 e. The lowest BCUT2D eigenvalue weighted by Gasteiger charge is -2.18. The molecule has 1 amide bonds. The summed E-state index contributed by atoms with van der Waals surface area (Å²) in [7, 11) is 0. The molecular weight excluding hydrogens is 368 g/mol. The van der Waals surface area contributed by atoms with Crippen LogP contribution < -0.4 is 5.32 Å². The van der Waals surface area contributed by atoms with Crippen molar-refractivity contribution in [1.82, 2.24) is 20.3 Å². The number of aliphatic carboxylic acids is 1. The van der Waals surface area contributed by atoms with Crippen molar-refractivity contribution in [2.45, 2.75) is 39.2 Å². The van der Waals surface area contributed by atoms with Crippen molar-refractivity contribution in [2.75, 3.05) is 0 Å². The van der Waals surface area contributed by atoms with Gasteiger partial charge in [-0.1, -0.05) is 53.2 Å². The van der Waals surface area contributed by atoms with Gasteiger partial charge in [-0.15, -0.1) is 5.10 Å². The number of carboxylic acids is 1. The Morgan fingerprint density at radius 3 is 2.41 bits per heavy atom. The van der Waals surface area contributed by atoms with Gasteiger partial charge >= 0.3 is 5.97 Å². The van der Waals surface area contributed by atoms with Gasteiger partial charge < -0.3 is 10.4 Å². The lowest BCUT2D eigenvalue weighted by Crippen LogP contribution is -2.37. The number of carboxylic acid groups (broad SMARTS) is 1. The van der Waals surface area contributed by atoms with Gasteiger partial charge in [-0.3, -0.25) is 9.59 Å². The van der Waals surface area contributed by atoms with E-state index in [1.54, 1.807) is 11.6 Å². The quantitative estimate of drug-likeness (QED) is 0.614. The molecular formula is C22H24N4O3. The molecule has 1 heterocycles. The molecule has 7 nitrogen and oxygen atoms in total. The van der Waals surface area contributed by atoms with Crippen LogP contribution in [0.1, 0.15) is 40.2 Å². The van der Waals surface area contributed by atoms with Gasteiger partial charge in [0.15, 0.2) is 5.69 Å². The number of amides is 1. The van der Waals surface area contributed by atoms with Gasteiger partial charge in [0.1, 0.15) is 0 Å². The van der Waals surface area contributed by atoms with Crippen molar-refractivity contribution in [3.63, 3.8) is 0 Å². The highest BCUT2D eigenvalue weighted by molar-refractivity contribution is 5.93. The molecule has 0 saturated carbocycles. The molecule has 1 atom stereocenters. The number of benzene rings is 2. The summed E-state index contributed by atoms with van der Waals surface area (Å²) in [6.07, 6.45) is 0.860. The monoisotopic (exact) mass is 392 g/mol. The molecule has 0 fully saturated rings.